The molecule has 0 atom stereocenters. The Bertz CT molecular complexity index is 582. The maximum atomic E-state index is 13.7. The molecule has 0 heterocycles. The summed E-state index contributed by atoms with van der Waals surface area (Å²) in [6.45, 7) is 1.70. The second-order valence-electron chi connectivity index (χ2n) is 3.81. The number of halogens is 3. The Morgan fingerprint density at radius 1 is 1.00 bits per heavy atom. The monoisotopic (exact) mass is 253 g/mol. The van der Waals surface area contributed by atoms with Crippen LogP contribution in [0.2, 0.25) is 5.02 Å². The van der Waals surface area contributed by atoms with Crippen LogP contribution >= 0.6 is 11.6 Å². The summed E-state index contributed by atoms with van der Waals surface area (Å²) in [5.74, 6) is -0.952. The molecule has 0 unspecified atom stereocenters. The minimum absolute atomic E-state index is 0.0000463. The van der Waals surface area contributed by atoms with Crippen LogP contribution in [-0.4, -0.2) is 0 Å². The third-order valence-electron chi connectivity index (χ3n) is 2.56. The first kappa shape index (κ1) is 11.9. The van der Waals surface area contributed by atoms with Gasteiger partial charge in [0.25, 0.3) is 0 Å². The van der Waals surface area contributed by atoms with Crippen LogP contribution in [0, 0.1) is 18.6 Å². The SMILES string of the molecule is Cc1cc(F)c(N)cc1-c1ccc(Cl)cc1F. The fourth-order valence-corrected chi connectivity index (χ4v) is 1.85. The second kappa shape index (κ2) is 4.34. The number of nitrogens with two attached hydrogens (primary N) is 1. The van der Waals surface area contributed by atoms with Crippen LogP contribution in [0.5, 0.6) is 0 Å². The summed E-state index contributed by atoms with van der Waals surface area (Å²) in [6.07, 6.45) is 0. The predicted molar refractivity (Wildman–Crippen MR) is 66.0 cm³/mol. The smallest absolute Gasteiger partial charge is 0.146 e. The number of hydrogen-bond acceptors (Lipinski definition) is 1. The summed E-state index contributed by atoms with van der Waals surface area (Å²) in [4.78, 5) is 0. The zero-order valence-corrected chi connectivity index (χ0v) is 9.85. The van der Waals surface area contributed by atoms with Crippen LogP contribution < -0.4 is 5.73 Å². The Kier molecular flexibility index (Phi) is 3.03. The van der Waals surface area contributed by atoms with Crippen molar-refractivity contribution >= 4 is 17.3 Å². The normalized spacial score (nSPS) is 10.6. The van der Waals surface area contributed by atoms with Crippen LogP contribution in [0.3, 0.4) is 0 Å². The number of aryl methyl sites for hydroxylation is 1. The molecule has 2 N–H and O–H groups in total. The van der Waals surface area contributed by atoms with Crippen LogP contribution in [-0.2, 0) is 0 Å². The van der Waals surface area contributed by atoms with Gasteiger partial charge < -0.3 is 5.73 Å². The van der Waals surface area contributed by atoms with Gasteiger partial charge in [-0.15, -0.1) is 0 Å². The molecule has 0 aliphatic rings. The molecule has 0 amide bonds. The summed E-state index contributed by atoms with van der Waals surface area (Å²) < 4.78 is 26.9. The quantitative estimate of drug-likeness (QED) is 0.758. The second-order valence-corrected chi connectivity index (χ2v) is 4.25. The summed E-state index contributed by atoms with van der Waals surface area (Å²) in [5, 5.41) is 0.319. The molecule has 0 aliphatic heterocycles. The lowest BCUT2D eigenvalue weighted by Crippen LogP contribution is -1.95. The van der Waals surface area contributed by atoms with E-state index in [1.165, 1.54) is 18.2 Å². The molecule has 2 aromatic carbocycles. The van der Waals surface area contributed by atoms with Crippen LogP contribution in [0.15, 0.2) is 30.3 Å². The van der Waals surface area contributed by atoms with Gasteiger partial charge >= 0.3 is 0 Å². The van der Waals surface area contributed by atoms with E-state index >= 15 is 0 Å². The summed E-state index contributed by atoms with van der Waals surface area (Å²) >= 11 is 5.68. The van der Waals surface area contributed by atoms with Crippen molar-refractivity contribution in [2.24, 2.45) is 0 Å². The van der Waals surface area contributed by atoms with Crippen LogP contribution in [0.4, 0.5) is 14.5 Å². The van der Waals surface area contributed by atoms with E-state index < -0.39 is 11.6 Å². The molecule has 1 nitrogen and oxygen atoms in total. The average molecular weight is 254 g/mol. The molecule has 0 aliphatic carbocycles. The Morgan fingerprint density at radius 3 is 2.35 bits per heavy atom. The summed E-state index contributed by atoms with van der Waals surface area (Å²) in [6, 6.07) is 7.07. The van der Waals surface area contributed by atoms with Gasteiger partial charge in [0.2, 0.25) is 0 Å². The molecule has 0 aromatic heterocycles. The highest BCUT2D eigenvalue weighted by atomic mass is 35.5. The van der Waals surface area contributed by atoms with Gasteiger partial charge in [-0.05, 0) is 48.4 Å². The van der Waals surface area contributed by atoms with Gasteiger partial charge in [-0.2, -0.15) is 0 Å². The van der Waals surface area contributed by atoms with Crippen LogP contribution in [0.1, 0.15) is 5.56 Å². The molecule has 0 saturated heterocycles. The maximum Gasteiger partial charge on any atom is 0.146 e. The Labute approximate surface area is 103 Å². The van der Waals surface area contributed by atoms with Crippen molar-refractivity contribution in [3.63, 3.8) is 0 Å². The topological polar surface area (TPSA) is 26.0 Å². The summed E-state index contributed by atoms with van der Waals surface area (Å²) in [7, 11) is 0. The van der Waals surface area contributed by atoms with Crippen molar-refractivity contribution in [1.82, 2.24) is 0 Å². The fraction of sp³-hybridized carbons (Fsp3) is 0.0769. The molecule has 0 fully saturated rings. The molecule has 0 bridgehead atoms. The van der Waals surface area contributed by atoms with E-state index in [0.29, 0.717) is 21.7 Å². The molecule has 0 saturated carbocycles. The molecule has 4 heteroatoms. The van der Waals surface area contributed by atoms with Gasteiger partial charge in [-0.1, -0.05) is 11.6 Å². The standard InChI is InChI=1S/C13H10ClF2N/c1-7-4-12(16)13(17)6-10(7)9-3-2-8(14)5-11(9)15/h2-6H,17H2,1H3. The first-order chi connectivity index (χ1) is 7.99. The molecular weight excluding hydrogens is 244 g/mol. The van der Waals surface area contributed by atoms with Gasteiger partial charge in [-0.3, -0.25) is 0 Å². The largest absolute Gasteiger partial charge is 0.396 e. The van der Waals surface area contributed by atoms with Crippen molar-refractivity contribution in [2.75, 3.05) is 5.73 Å². The van der Waals surface area contributed by atoms with E-state index in [1.807, 2.05) is 0 Å². The average Bonchev–Trinajstić information content (AvgIpc) is 2.24. The molecular formula is C13H10ClF2N. The molecule has 2 rings (SSSR count). The van der Waals surface area contributed by atoms with Crippen molar-refractivity contribution in [3.05, 3.63) is 52.6 Å². The van der Waals surface area contributed by atoms with E-state index in [-0.39, 0.29) is 5.69 Å². The number of nitrogen functional groups attached to an aromatic ring is 1. The highest BCUT2D eigenvalue weighted by molar-refractivity contribution is 6.30. The Balaban J connectivity index is 2.64. The lowest BCUT2D eigenvalue weighted by molar-refractivity contribution is 0.627. The molecule has 2 aromatic rings. The van der Waals surface area contributed by atoms with E-state index in [1.54, 1.807) is 19.1 Å². The minimum atomic E-state index is -0.499. The van der Waals surface area contributed by atoms with Gasteiger partial charge in [0.05, 0.1) is 5.69 Å². The predicted octanol–water partition coefficient (Wildman–Crippen LogP) is 4.18. The third-order valence-corrected chi connectivity index (χ3v) is 2.80. The van der Waals surface area contributed by atoms with Gasteiger partial charge in [0.1, 0.15) is 11.6 Å². The zero-order chi connectivity index (χ0) is 12.6. The van der Waals surface area contributed by atoms with E-state index in [0.717, 1.165) is 0 Å². The maximum absolute atomic E-state index is 13.7. The first-order valence-electron chi connectivity index (χ1n) is 5.00. The van der Waals surface area contributed by atoms with Crippen LogP contribution in [0.25, 0.3) is 11.1 Å². The fourth-order valence-electron chi connectivity index (χ4n) is 1.69. The van der Waals surface area contributed by atoms with E-state index in [9.17, 15) is 8.78 Å². The molecule has 0 spiro atoms. The van der Waals surface area contributed by atoms with Gasteiger partial charge in [-0.25, -0.2) is 8.78 Å². The number of benzene rings is 2. The number of rotatable bonds is 1. The lowest BCUT2D eigenvalue weighted by atomic mass is 9.99. The van der Waals surface area contributed by atoms with Crippen molar-refractivity contribution in [2.45, 2.75) is 6.92 Å². The van der Waals surface area contributed by atoms with Crippen molar-refractivity contribution in [1.29, 1.82) is 0 Å². The highest BCUT2D eigenvalue weighted by Gasteiger charge is 2.11. The Hall–Kier alpha value is -1.61. The van der Waals surface area contributed by atoms with E-state index in [2.05, 4.69) is 0 Å². The first-order valence-corrected chi connectivity index (χ1v) is 5.38. The Morgan fingerprint density at radius 2 is 1.71 bits per heavy atom. The van der Waals surface area contributed by atoms with Gasteiger partial charge in [0.15, 0.2) is 0 Å². The number of anilines is 1. The number of hydrogen-bond donors (Lipinski definition) is 1. The zero-order valence-electron chi connectivity index (χ0n) is 9.10. The van der Waals surface area contributed by atoms with Crippen molar-refractivity contribution in [3.8, 4) is 11.1 Å². The highest BCUT2D eigenvalue weighted by Crippen LogP contribution is 2.30. The lowest BCUT2D eigenvalue weighted by Gasteiger charge is -2.09. The molecule has 0 radical (unpaired) electrons. The molecule has 88 valence electrons. The third kappa shape index (κ3) is 2.24. The minimum Gasteiger partial charge on any atom is -0.396 e. The molecule has 17 heavy (non-hydrogen) atoms. The van der Waals surface area contributed by atoms with E-state index in [4.69, 9.17) is 17.3 Å². The van der Waals surface area contributed by atoms with Gasteiger partial charge in [0, 0.05) is 10.6 Å². The summed E-state index contributed by atoms with van der Waals surface area (Å²) in [5.41, 5.74) is 7.03. The van der Waals surface area contributed by atoms with Crippen molar-refractivity contribution < 1.29 is 8.78 Å².